The van der Waals surface area contributed by atoms with Crippen LogP contribution in [0.4, 0.5) is 0 Å². The van der Waals surface area contributed by atoms with E-state index in [0.29, 0.717) is 29.6 Å². The monoisotopic (exact) mass is 380 g/mol. The highest BCUT2D eigenvalue weighted by Gasteiger charge is 2.41. The van der Waals surface area contributed by atoms with Gasteiger partial charge in [-0.05, 0) is 25.8 Å². The second-order valence-electron chi connectivity index (χ2n) is 7.41. The number of unbranched alkanes of at least 4 members (excludes halogenated alkanes) is 1. The standard InChI is InChI=1S/C19H28N2O4S/c1-2-3-6-20-9-10-25-19(14-20)4-7-21(8-5-19)18(22)17-16-15(13-26-17)23-11-12-24-16/h13H,2-12,14H2,1H3. The molecule has 0 atom stereocenters. The molecule has 3 aliphatic heterocycles. The van der Waals surface area contributed by atoms with Crippen LogP contribution in [-0.4, -0.2) is 73.9 Å². The Kier molecular flexibility index (Phi) is 5.38. The van der Waals surface area contributed by atoms with Gasteiger partial charge >= 0.3 is 0 Å². The van der Waals surface area contributed by atoms with Crippen LogP contribution in [0.3, 0.4) is 0 Å². The topological polar surface area (TPSA) is 51.2 Å². The molecule has 0 aliphatic carbocycles. The number of carbonyl (C=O) groups excluding carboxylic acids is 1. The Labute approximate surface area is 159 Å². The smallest absolute Gasteiger partial charge is 0.267 e. The van der Waals surface area contributed by atoms with Crippen LogP contribution in [0.25, 0.3) is 0 Å². The number of hydrogen-bond donors (Lipinski definition) is 0. The summed E-state index contributed by atoms with van der Waals surface area (Å²) in [5, 5.41) is 1.88. The number of likely N-dealkylation sites (tertiary alicyclic amines) is 1. The minimum atomic E-state index is -0.0722. The lowest BCUT2D eigenvalue weighted by Gasteiger charge is -2.47. The van der Waals surface area contributed by atoms with Gasteiger partial charge in [-0.1, -0.05) is 13.3 Å². The lowest BCUT2D eigenvalue weighted by atomic mass is 9.89. The van der Waals surface area contributed by atoms with Gasteiger partial charge in [0.2, 0.25) is 0 Å². The van der Waals surface area contributed by atoms with Crippen molar-refractivity contribution in [3.63, 3.8) is 0 Å². The van der Waals surface area contributed by atoms with Gasteiger partial charge in [0.1, 0.15) is 18.1 Å². The number of ether oxygens (including phenoxy) is 3. The molecule has 1 amide bonds. The van der Waals surface area contributed by atoms with Crippen molar-refractivity contribution in [1.82, 2.24) is 9.80 Å². The Morgan fingerprint density at radius 2 is 2.00 bits per heavy atom. The zero-order valence-electron chi connectivity index (χ0n) is 15.5. The van der Waals surface area contributed by atoms with Crippen LogP contribution in [0.2, 0.25) is 0 Å². The molecule has 1 spiro atoms. The molecule has 1 aromatic heterocycles. The SMILES string of the molecule is CCCCN1CCOC2(CCN(C(=O)c3scc4c3OCCO4)CC2)C1. The van der Waals surface area contributed by atoms with E-state index in [1.807, 2.05) is 10.3 Å². The van der Waals surface area contributed by atoms with Crippen LogP contribution in [-0.2, 0) is 4.74 Å². The fraction of sp³-hybridized carbons (Fsp3) is 0.737. The molecule has 0 saturated carbocycles. The van der Waals surface area contributed by atoms with E-state index in [-0.39, 0.29) is 11.5 Å². The average Bonchev–Trinajstić information content (AvgIpc) is 3.11. The largest absolute Gasteiger partial charge is 0.485 e. The molecule has 6 nitrogen and oxygen atoms in total. The van der Waals surface area contributed by atoms with E-state index in [4.69, 9.17) is 14.2 Å². The van der Waals surface area contributed by atoms with E-state index in [2.05, 4.69) is 11.8 Å². The van der Waals surface area contributed by atoms with Gasteiger partial charge in [-0.15, -0.1) is 11.3 Å². The van der Waals surface area contributed by atoms with Crippen molar-refractivity contribution in [2.45, 2.75) is 38.2 Å². The zero-order chi connectivity index (χ0) is 18.0. The first-order valence-electron chi connectivity index (χ1n) is 9.73. The third-order valence-electron chi connectivity index (χ3n) is 5.61. The highest BCUT2D eigenvalue weighted by molar-refractivity contribution is 7.12. The summed E-state index contributed by atoms with van der Waals surface area (Å²) in [6.07, 6.45) is 4.29. The first-order valence-corrected chi connectivity index (χ1v) is 10.6. The number of rotatable bonds is 4. The number of nitrogens with zero attached hydrogens (tertiary/aromatic N) is 2. The number of carbonyl (C=O) groups is 1. The van der Waals surface area contributed by atoms with Crippen molar-refractivity contribution in [3.8, 4) is 11.5 Å². The third kappa shape index (κ3) is 3.57. The molecule has 2 saturated heterocycles. The normalized spacial score (nSPS) is 22.6. The van der Waals surface area contributed by atoms with Crippen LogP contribution in [0, 0.1) is 0 Å². The van der Waals surface area contributed by atoms with E-state index in [1.54, 1.807) is 0 Å². The Bertz CT molecular complexity index is 639. The summed E-state index contributed by atoms with van der Waals surface area (Å²) in [6.45, 7) is 8.78. The summed E-state index contributed by atoms with van der Waals surface area (Å²) < 4.78 is 17.4. The molecule has 7 heteroatoms. The Morgan fingerprint density at radius 3 is 2.81 bits per heavy atom. The number of fused-ring (bicyclic) bond motifs is 1. The minimum Gasteiger partial charge on any atom is -0.485 e. The first-order chi connectivity index (χ1) is 12.7. The molecule has 0 unspecified atom stereocenters. The van der Waals surface area contributed by atoms with E-state index in [9.17, 15) is 4.79 Å². The lowest BCUT2D eigenvalue weighted by molar-refractivity contribution is -0.132. The quantitative estimate of drug-likeness (QED) is 0.804. The van der Waals surface area contributed by atoms with Crippen LogP contribution < -0.4 is 9.47 Å². The maximum Gasteiger partial charge on any atom is 0.267 e. The molecule has 0 aromatic carbocycles. The number of amides is 1. The van der Waals surface area contributed by atoms with Crippen LogP contribution in [0.1, 0.15) is 42.3 Å². The molecule has 4 heterocycles. The third-order valence-corrected chi connectivity index (χ3v) is 6.54. The predicted octanol–water partition coefficient (Wildman–Crippen LogP) is 2.63. The molecule has 26 heavy (non-hydrogen) atoms. The van der Waals surface area contributed by atoms with Crippen molar-refractivity contribution in [1.29, 1.82) is 0 Å². The maximum atomic E-state index is 13.0. The first kappa shape index (κ1) is 18.1. The summed E-state index contributed by atoms with van der Waals surface area (Å²) in [4.78, 5) is 18.1. The fourth-order valence-corrected chi connectivity index (χ4v) is 4.97. The van der Waals surface area contributed by atoms with Gasteiger partial charge in [0.05, 0.1) is 12.2 Å². The number of piperidine rings is 1. The number of thiophene rings is 1. The zero-order valence-corrected chi connectivity index (χ0v) is 16.3. The fourth-order valence-electron chi connectivity index (χ4n) is 4.07. The van der Waals surface area contributed by atoms with Gasteiger partial charge in [-0.2, -0.15) is 0 Å². The molecule has 0 N–H and O–H groups in total. The van der Waals surface area contributed by atoms with Crippen molar-refractivity contribution in [2.24, 2.45) is 0 Å². The molecule has 144 valence electrons. The maximum absolute atomic E-state index is 13.0. The van der Waals surface area contributed by atoms with Crippen molar-refractivity contribution >= 4 is 17.2 Å². The Balaban J connectivity index is 1.37. The summed E-state index contributed by atoms with van der Waals surface area (Å²) >= 11 is 1.42. The lowest BCUT2D eigenvalue weighted by Crippen LogP contribution is -2.57. The van der Waals surface area contributed by atoms with Gasteiger partial charge in [0, 0.05) is 31.6 Å². The Morgan fingerprint density at radius 1 is 1.19 bits per heavy atom. The summed E-state index contributed by atoms with van der Waals surface area (Å²) in [5.41, 5.74) is -0.0722. The van der Waals surface area contributed by atoms with Gasteiger partial charge in [-0.3, -0.25) is 9.69 Å². The number of hydrogen-bond acceptors (Lipinski definition) is 6. The van der Waals surface area contributed by atoms with Crippen LogP contribution >= 0.6 is 11.3 Å². The van der Waals surface area contributed by atoms with E-state index < -0.39 is 0 Å². The second-order valence-corrected chi connectivity index (χ2v) is 8.29. The highest BCUT2D eigenvalue weighted by Crippen LogP contribution is 2.40. The second kappa shape index (κ2) is 7.74. The molecule has 4 rings (SSSR count). The van der Waals surface area contributed by atoms with Gasteiger partial charge < -0.3 is 19.1 Å². The van der Waals surface area contributed by atoms with Crippen molar-refractivity contribution < 1.29 is 19.0 Å². The average molecular weight is 381 g/mol. The van der Waals surface area contributed by atoms with Gasteiger partial charge in [0.25, 0.3) is 5.91 Å². The minimum absolute atomic E-state index is 0.0650. The van der Waals surface area contributed by atoms with Gasteiger partial charge in [0.15, 0.2) is 11.5 Å². The van der Waals surface area contributed by atoms with Gasteiger partial charge in [-0.25, -0.2) is 0 Å². The molecule has 3 aliphatic rings. The number of morpholine rings is 1. The molecule has 1 aromatic rings. The molecular weight excluding hydrogens is 352 g/mol. The van der Waals surface area contributed by atoms with Crippen LogP contribution in [0.15, 0.2) is 5.38 Å². The summed E-state index contributed by atoms with van der Waals surface area (Å²) in [7, 11) is 0. The summed E-state index contributed by atoms with van der Waals surface area (Å²) in [6, 6.07) is 0. The summed E-state index contributed by atoms with van der Waals surface area (Å²) in [5.74, 6) is 1.40. The van der Waals surface area contributed by atoms with E-state index in [1.165, 1.54) is 24.2 Å². The molecule has 0 bridgehead atoms. The highest BCUT2D eigenvalue weighted by atomic mass is 32.1. The van der Waals surface area contributed by atoms with E-state index in [0.717, 1.165) is 52.2 Å². The predicted molar refractivity (Wildman–Crippen MR) is 100 cm³/mol. The van der Waals surface area contributed by atoms with Crippen molar-refractivity contribution in [3.05, 3.63) is 10.3 Å². The molecule has 2 fully saturated rings. The van der Waals surface area contributed by atoms with Crippen LogP contribution in [0.5, 0.6) is 11.5 Å². The molecule has 0 radical (unpaired) electrons. The van der Waals surface area contributed by atoms with Crippen molar-refractivity contribution in [2.75, 3.05) is 52.5 Å². The molecular formula is C19H28N2O4S. The van der Waals surface area contributed by atoms with E-state index >= 15 is 0 Å². The Hall–Kier alpha value is -1.31.